The number of nitrogens with one attached hydrogen (secondary N) is 1. The van der Waals surface area contributed by atoms with Crippen molar-refractivity contribution in [2.75, 3.05) is 7.05 Å². The van der Waals surface area contributed by atoms with Crippen LogP contribution in [0.4, 0.5) is 4.39 Å². The van der Waals surface area contributed by atoms with Gasteiger partial charge in [0.15, 0.2) is 0 Å². The van der Waals surface area contributed by atoms with Crippen molar-refractivity contribution >= 4 is 15.9 Å². The van der Waals surface area contributed by atoms with Crippen molar-refractivity contribution in [1.29, 1.82) is 0 Å². The second-order valence-electron chi connectivity index (χ2n) is 4.71. The zero-order valence-corrected chi connectivity index (χ0v) is 13.3. The smallest absolute Gasteiger partial charge is 0.133 e. The van der Waals surface area contributed by atoms with E-state index in [0.29, 0.717) is 11.5 Å². The first-order valence-corrected chi connectivity index (χ1v) is 7.21. The van der Waals surface area contributed by atoms with E-state index in [-0.39, 0.29) is 11.9 Å². The van der Waals surface area contributed by atoms with Gasteiger partial charge in [-0.25, -0.2) is 4.39 Å². The number of halogens is 2. The van der Waals surface area contributed by atoms with E-state index in [1.807, 2.05) is 32.2 Å². The highest BCUT2D eigenvalue weighted by Crippen LogP contribution is 2.31. The molecule has 20 heavy (non-hydrogen) atoms. The van der Waals surface area contributed by atoms with Gasteiger partial charge in [-0.15, -0.1) is 0 Å². The Hall–Kier alpha value is -1.39. The number of hydrogen-bond donors (Lipinski definition) is 1. The summed E-state index contributed by atoms with van der Waals surface area (Å²) in [5, 5.41) is 3.19. The third kappa shape index (κ3) is 3.38. The van der Waals surface area contributed by atoms with Crippen molar-refractivity contribution in [3.8, 4) is 11.5 Å². The van der Waals surface area contributed by atoms with Crippen molar-refractivity contribution in [2.24, 2.45) is 0 Å². The summed E-state index contributed by atoms with van der Waals surface area (Å²) in [5.74, 6) is 0.911. The average Bonchev–Trinajstić information content (AvgIpc) is 2.42. The van der Waals surface area contributed by atoms with E-state index in [1.165, 1.54) is 12.1 Å². The zero-order valence-electron chi connectivity index (χ0n) is 11.7. The van der Waals surface area contributed by atoms with Gasteiger partial charge in [0.1, 0.15) is 17.3 Å². The van der Waals surface area contributed by atoms with Crippen molar-refractivity contribution in [3.05, 3.63) is 57.8 Å². The highest BCUT2D eigenvalue weighted by Gasteiger charge is 2.09. The van der Waals surface area contributed by atoms with Crippen LogP contribution in [0.15, 0.2) is 40.9 Å². The molecule has 0 fully saturated rings. The lowest BCUT2D eigenvalue weighted by Gasteiger charge is -2.15. The van der Waals surface area contributed by atoms with Gasteiger partial charge in [0.25, 0.3) is 0 Å². The minimum atomic E-state index is -0.301. The normalized spacial score (nSPS) is 12.2. The molecule has 1 N–H and O–H groups in total. The van der Waals surface area contributed by atoms with E-state index in [2.05, 4.69) is 28.2 Å². The lowest BCUT2D eigenvalue weighted by molar-refractivity contribution is 0.472. The van der Waals surface area contributed by atoms with E-state index in [0.717, 1.165) is 15.6 Å². The lowest BCUT2D eigenvalue weighted by Crippen LogP contribution is -2.12. The Bertz CT molecular complexity index is 615. The number of rotatable bonds is 4. The first-order chi connectivity index (χ1) is 9.51. The molecule has 0 saturated heterocycles. The molecule has 0 saturated carbocycles. The predicted octanol–water partition coefficient (Wildman–Crippen LogP) is 4.97. The summed E-state index contributed by atoms with van der Waals surface area (Å²) in [4.78, 5) is 0. The Morgan fingerprint density at radius 2 is 1.95 bits per heavy atom. The molecule has 0 aliphatic heterocycles. The fourth-order valence-corrected chi connectivity index (χ4v) is 2.59. The SMILES string of the molecule is CNC(C)c1ccc(Oc2cc(F)ccc2C)cc1Br. The predicted molar refractivity (Wildman–Crippen MR) is 82.8 cm³/mol. The van der Waals surface area contributed by atoms with Gasteiger partial charge in [-0.3, -0.25) is 0 Å². The van der Waals surface area contributed by atoms with Crippen LogP contribution in [0.3, 0.4) is 0 Å². The van der Waals surface area contributed by atoms with Gasteiger partial charge in [-0.05, 0) is 50.2 Å². The van der Waals surface area contributed by atoms with E-state index >= 15 is 0 Å². The van der Waals surface area contributed by atoms with E-state index in [4.69, 9.17) is 4.74 Å². The molecule has 2 aromatic carbocycles. The van der Waals surface area contributed by atoms with E-state index < -0.39 is 0 Å². The van der Waals surface area contributed by atoms with E-state index in [1.54, 1.807) is 6.07 Å². The Morgan fingerprint density at radius 1 is 1.20 bits per heavy atom. The number of benzene rings is 2. The van der Waals surface area contributed by atoms with Crippen molar-refractivity contribution < 1.29 is 9.13 Å². The van der Waals surface area contributed by atoms with Crippen LogP contribution in [0, 0.1) is 12.7 Å². The fraction of sp³-hybridized carbons (Fsp3) is 0.250. The summed E-state index contributed by atoms with van der Waals surface area (Å²) >= 11 is 3.54. The Labute approximate surface area is 127 Å². The lowest BCUT2D eigenvalue weighted by atomic mass is 10.1. The van der Waals surface area contributed by atoms with Gasteiger partial charge >= 0.3 is 0 Å². The molecular formula is C16H17BrFNO. The molecule has 2 nitrogen and oxygen atoms in total. The fourth-order valence-electron chi connectivity index (χ4n) is 1.89. The first kappa shape index (κ1) is 15.0. The second-order valence-corrected chi connectivity index (χ2v) is 5.56. The second kappa shape index (κ2) is 6.37. The van der Waals surface area contributed by atoms with Crippen LogP contribution >= 0.6 is 15.9 Å². The van der Waals surface area contributed by atoms with Gasteiger partial charge in [0, 0.05) is 16.6 Å². The van der Waals surface area contributed by atoms with E-state index in [9.17, 15) is 4.39 Å². The van der Waals surface area contributed by atoms with Crippen molar-refractivity contribution in [2.45, 2.75) is 19.9 Å². The van der Waals surface area contributed by atoms with Gasteiger partial charge in [-0.1, -0.05) is 28.1 Å². The van der Waals surface area contributed by atoms with Gasteiger partial charge in [0.2, 0.25) is 0 Å². The number of aryl methyl sites for hydroxylation is 1. The maximum Gasteiger partial charge on any atom is 0.133 e. The maximum atomic E-state index is 13.2. The van der Waals surface area contributed by atoms with Crippen molar-refractivity contribution in [1.82, 2.24) is 5.32 Å². The van der Waals surface area contributed by atoms with Gasteiger partial charge in [0.05, 0.1) is 0 Å². The Morgan fingerprint density at radius 3 is 2.60 bits per heavy atom. The molecule has 1 unspecified atom stereocenters. The average molecular weight is 338 g/mol. The van der Waals surface area contributed by atoms with Crippen LogP contribution < -0.4 is 10.1 Å². The van der Waals surface area contributed by atoms with Crippen molar-refractivity contribution in [3.63, 3.8) is 0 Å². The van der Waals surface area contributed by atoms with Crippen LogP contribution in [0.2, 0.25) is 0 Å². The molecule has 106 valence electrons. The van der Waals surface area contributed by atoms with Gasteiger partial charge in [-0.2, -0.15) is 0 Å². The molecule has 2 rings (SSSR count). The highest BCUT2D eigenvalue weighted by molar-refractivity contribution is 9.10. The summed E-state index contributed by atoms with van der Waals surface area (Å²) < 4.78 is 20.0. The van der Waals surface area contributed by atoms with Crippen LogP contribution in [-0.4, -0.2) is 7.05 Å². The summed E-state index contributed by atoms with van der Waals surface area (Å²) in [5.41, 5.74) is 2.05. The Balaban J connectivity index is 2.26. The summed E-state index contributed by atoms with van der Waals surface area (Å²) in [6, 6.07) is 10.6. The molecule has 0 spiro atoms. The third-order valence-corrected chi connectivity index (χ3v) is 3.94. The molecule has 0 aliphatic rings. The van der Waals surface area contributed by atoms with Gasteiger partial charge < -0.3 is 10.1 Å². The molecule has 0 amide bonds. The molecule has 0 radical (unpaired) electrons. The topological polar surface area (TPSA) is 21.3 Å². The van der Waals surface area contributed by atoms with Crippen LogP contribution in [0.5, 0.6) is 11.5 Å². The monoisotopic (exact) mass is 337 g/mol. The molecule has 0 aliphatic carbocycles. The molecule has 1 atom stereocenters. The molecule has 0 heterocycles. The molecular weight excluding hydrogens is 321 g/mol. The van der Waals surface area contributed by atoms with Crippen LogP contribution in [0.1, 0.15) is 24.1 Å². The summed E-state index contributed by atoms with van der Waals surface area (Å²) in [7, 11) is 1.91. The maximum absolute atomic E-state index is 13.2. The third-order valence-electron chi connectivity index (χ3n) is 3.25. The molecule has 4 heteroatoms. The quantitative estimate of drug-likeness (QED) is 0.850. The number of hydrogen-bond acceptors (Lipinski definition) is 2. The minimum absolute atomic E-state index is 0.245. The Kier molecular flexibility index (Phi) is 4.78. The first-order valence-electron chi connectivity index (χ1n) is 6.42. The summed E-state index contributed by atoms with van der Waals surface area (Å²) in [6.45, 7) is 3.97. The molecule has 2 aromatic rings. The zero-order chi connectivity index (χ0) is 14.7. The summed E-state index contributed by atoms with van der Waals surface area (Å²) in [6.07, 6.45) is 0. The highest BCUT2D eigenvalue weighted by atomic mass is 79.9. The standard InChI is InChI=1S/C16H17BrFNO/c1-10-4-5-12(18)8-16(10)20-13-6-7-14(11(2)19-3)15(17)9-13/h4-9,11,19H,1-3H3. The molecule has 0 bridgehead atoms. The minimum Gasteiger partial charge on any atom is -0.457 e. The largest absolute Gasteiger partial charge is 0.457 e. The van der Waals surface area contributed by atoms with Crippen LogP contribution in [0.25, 0.3) is 0 Å². The molecule has 0 aromatic heterocycles. The van der Waals surface area contributed by atoms with Crippen LogP contribution in [-0.2, 0) is 0 Å². The number of ether oxygens (including phenoxy) is 1.